The SMILES string of the molecule is COc1cc[nH+]cc1-c1ccc2c(C(N)=O)c(NC(N)=O)[nH]c2c1. The van der Waals surface area contributed by atoms with Gasteiger partial charge in [0.15, 0.2) is 12.4 Å². The van der Waals surface area contributed by atoms with Gasteiger partial charge in [0.25, 0.3) is 5.91 Å². The van der Waals surface area contributed by atoms with E-state index in [0.29, 0.717) is 16.7 Å². The van der Waals surface area contributed by atoms with Crippen LogP contribution in [0.15, 0.2) is 36.7 Å². The van der Waals surface area contributed by atoms with Crippen LogP contribution < -0.4 is 26.5 Å². The maximum Gasteiger partial charge on any atom is 0.317 e. The Morgan fingerprint density at radius 1 is 1.25 bits per heavy atom. The first-order valence-electron chi connectivity index (χ1n) is 7.07. The summed E-state index contributed by atoms with van der Waals surface area (Å²) in [6, 6.07) is 6.44. The first-order valence-corrected chi connectivity index (χ1v) is 7.07. The molecular weight excluding hydrogens is 310 g/mol. The number of primary amides is 2. The number of nitrogens with two attached hydrogens (primary N) is 2. The van der Waals surface area contributed by atoms with E-state index in [4.69, 9.17) is 16.2 Å². The molecule has 0 saturated carbocycles. The van der Waals surface area contributed by atoms with Crippen LogP contribution in [-0.4, -0.2) is 24.0 Å². The lowest BCUT2D eigenvalue weighted by Gasteiger charge is -2.05. The number of aromatic amines is 2. The molecule has 122 valence electrons. The van der Waals surface area contributed by atoms with Crippen molar-refractivity contribution in [1.29, 1.82) is 0 Å². The Balaban J connectivity index is 2.18. The number of fused-ring (bicyclic) bond motifs is 1. The largest absolute Gasteiger partial charge is 0.496 e. The van der Waals surface area contributed by atoms with Crippen LogP contribution in [0.1, 0.15) is 10.4 Å². The Morgan fingerprint density at radius 3 is 2.71 bits per heavy atom. The molecular formula is C16H16N5O3+. The number of carbonyl (C=O) groups is 2. The second kappa shape index (κ2) is 5.92. The fourth-order valence-corrected chi connectivity index (χ4v) is 2.66. The Morgan fingerprint density at radius 2 is 2.04 bits per heavy atom. The molecule has 0 spiro atoms. The van der Waals surface area contributed by atoms with Crippen LogP contribution >= 0.6 is 0 Å². The van der Waals surface area contributed by atoms with Gasteiger partial charge in [0.1, 0.15) is 11.6 Å². The number of amides is 3. The van der Waals surface area contributed by atoms with Crippen molar-refractivity contribution in [2.75, 3.05) is 12.4 Å². The number of ether oxygens (including phenoxy) is 1. The predicted octanol–water partition coefficient (Wildman–Crippen LogP) is 1.25. The molecule has 0 radical (unpaired) electrons. The number of nitrogens with one attached hydrogen (secondary N) is 3. The van der Waals surface area contributed by atoms with Gasteiger partial charge in [-0.1, -0.05) is 12.1 Å². The van der Waals surface area contributed by atoms with Crippen LogP contribution in [0.5, 0.6) is 5.75 Å². The molecule has 24 heavy (non-hydrogen) atoms. The van der Waals surface area contributed by atoms with Gasteiger partial charge in [-0.15, -0.1) is 0 Å². The van der Waals surface area contributed by atoms with Gasteiger partial charge in [0.05, 0.1) is 18.2 Å². The Kier molecular flexibility index (Phi) is 3.78. The van der Waals surface area contributed by atoms with Crippen LogP contribution in [0.25, 0.3) is 22.0 Å². The Hall–Kier alpha value is -3.55. The molecule has 8 nitrogen and oxygen atoms in total. The zero-order valence-electron chi connectivity index (χ0n) is 12.8. The lowest BCUT2D eigenvalue weighted by Crippen LogP contribution is -2.22. The molecule has 0 atom stereocenters. The summed E-state index contributed by atoms with van der Waals surface area (Å²) in [7, 11) is 1.59. The fraction of sp³-hybridized carbons (Fsp3) is 0.0625. The molecule has 2 aromatic heterocycles. The van der Waals surface area contributed by atoms with E-state index in [0.717, 1.165) is 11.1 Å². The molecule has 3 aromatic rings. The summed E-state index contributed by atoms with van der Waals surface area (Å²) in [5.41, 5.74) is 13.1. The lowest BCUT2D eigenvalue weighted by atomic mass is 10.0. The number of urea groups is 1. The minimum Gasteiger partial charge on any atom is -0.496 e. The monoisotopic (exact) mass is 326 g/mol. The van der Waals surface area contributed by atoms with Crippen molar-refractivity contribution in [3.8, 4) is 16.9 Å². The van der Waals surface area contributed by atoms with Crippen molar-refractivity contribution in [2.24, 2.45) is 11.5 Å². The van der Waals surface area contributed by atoms with Crippen LogP contribution in [0.2, 0.25) is 0 Å². The van der Waals surface area contributed by atoms with E-state index in [1.165, 1.54) is 0 Å². The average Bonchev–Trinajstić information content (AvgIpc) is 2.90. The summed E-state index contributed by atoms with van der Waals surface area (Å²) < 4.78 is 5.35. The number of rotatable bonds is 4. The second-order valence-electron chi connectivity index (χ2n) is 5.12. The summed E-state index contributed by atoms with van der Waals surface area (Å²) in [6.07, 6.45) is 3.57. The van der Waals surface area contributed by atoms with Crippen LogP contribution in [0, 0.1) is 0 Å². The molecule has 3 amide bonds. The average molecular weight is 326 g/mol. The van der Waals surface area contributed by atoms with Gasteiger partial charge in [-0.25, -0.2) is 9.78 Å². The van der Waals surface area contributed by atoms with Gasteiger partial charge in [-0.05, 0) is 11.6 Å². The quantitative estimate of drug-likeness (QED) is 0.574. The van der Waals surface area contributed by atoms with Crippen molar-refractivity contribution in [3.05, 3.63) is 42.2 Å². The highest BCUT2D eigenvalue weighted by Gasteiger charge is 2.18. The molecule has 7 N–H and O–H groups in total. The standard InChI is InChI=1S/C16H15N5O3/c1-24-12-4-5-19-7-10(12)8-2-3-9-11(6-8)20-15(21-16(18)23)13(9)14(17)22/h2-7,20H,1H3,(H2,17,22)(H3,18,21,23)/p+1. The van der Waals surface area contributed by atoms with Crippen molar-refractivity contribution < 1.29 is 19.3 Å². The minimum absolute atomic E-state index is 0.175. The lowest BCUT2D eigenvalue weighted by molar-refractivity contribution is -0.377. The highest BCUT2D eigenvalue weighted by Crippen LogP contribution is 2.33. The van der Waals surface area contributed by atoms with E-state index in [1.807, 2.05) is 18.2 Å². The number of aromatic nitrogens is 2. The predicted molar refractivity (Wildman–Crippen MR) is 88.6 cm³/mol. The van der Waals surface area contributed by atoms with Crippen LogP contribution in [0.3, 0.4) is 0 Å². The first-order chi connectivity index (χ1) is 11.5. The maximum atomic E-state index is 11.7. The molecule has 0 bridgehead atoms. The smallest absolute Gasteiger partial charge is 0.317 e. The third kappa shape index (κ3) is 2.60. The zero-order chi connectivity index (χ0) is 17.3. The normalized spacial score (nSPS) is 10.5. The van der Waals surface area contributed by atoms with E-state index in [9.17, 15) is 9.59 Å². The number of benzene rings is 1. The number of methoxy groups -OCH3 is 1. The number of hydrogen-bond acceptors (Lipinski definition) is 3. The van der Waals surface area contributed by atoms with Crippen molar-refractivity contribution in [2.45, 2.75) is 0 Å². The van der Waals surface area contributed by atoms with Gasteiger partial charge < -0.3 is 21.2 Å². The highest BCUT2D eigenvalue weighted by molar-refractivity contribution is 6.13. The van der Waals surface area contributed by atoms with E-state index < -0.39 is 11.9 Å². The number of anilines is 1. The van der Waals surface area contributed by atoms with Crippen molar-refractivity contribution >= 4 is 28.7 Å². The van der Waals surface area contributed by atoms with Gasteiger partial charge in [-0.2, -0.15) is 0 Å². The molecule has 0 aliphatic carbocycles. The summed E-state index contributed by atoms with van der Waals surface area (Å²) in [4.78, 5) is 28.8. The number of pyridine rings is 1. The molecule has 1 aromatic carbocycles. The van der Waals surface area contributed by atoms with E-state index in [2.05, 4.69) is 15.3 Å². The number of hydrogen-bond donors (Lipinski definition) is 4. The number of carbonyl (C=O) groups excluding carboxylic acids is 2. The van der Waals surface area contributed by atoms with E-state index in [-0.39, 0.29) is 11.4 Å². The summed E-state index contributed by atoms with van der Waals surface area (Å²) in [6.45, 7) is 0. The molecule has 0 unspecified atom stereocenters. The summed E-state index contributed by atoms with van der Waals surface area (Å²) in [5.74, 6) is 0.211. The third-order valence-corrected chi connectivity index (χ3v) is 3.65. The van der Waals surface area contributed by atoms with Gasteiger partial charge >= 0.3 is 6.03 Å². The Labute approximate surface area is 136 Å². The first kappa shape index (κ1) is 15.3. The summed E-state index contributed by atoms with van der Waals surface area (Å²) >= 11 is 0. The zero-order valence-corrected chi connectivity index (χ0v) is 12.8. The fourth-order valence-electron chi connectivity index (χ4n) is 2.66. The third-order valence-electron chi connectivity index (χ3n) is 3.65. The highest BCUT2D eigenvalue weighted by atomic mass is 16.5. The van der Waals surface area contributed by atoms with Gasteiger partial charge in [0, 0.05) is 17.0 Å². The van der Waals surface area contributed by atoms with Crippen LogP contribution in [0.4, 0.5) is 10.6 Å². The van der Waals surface area contributed by atoms with E-state index in [1.54, 1.807) is 25.6 Å². The van der Waals surface area contributed by atoms with Gasteiger partial charge in [-0.3, -0.25) is 10.1 Å². The summed E-state index contributed by atoms with van der Waals surface area (Å²) in [5, 5.41) is 2.97. The molecule has 0 aliphatic heterocycles. The van der Waals surface area contributed by atoms with Crippen LogP contribution in [-0.2, 0) is 0 Å². The van der Waals surface area contributed by atoms with E-state index >= 15 is 0 Å². The van der Waals surface area contributed by atoms with Crippen molar-refractivity contribution in [3.63, 3.8) is 0 Å². The molecule has 8 heteroatoms. The topological polar surface area (TPSA) is 137 Å². The minimum atomic E-state index is -0.788. The molecule has 0 fully saturated rings. The molecule has 3 rings (SSSR count). The molecule has 0 aliphatic rings. The molecule has 2 heterocycles. The van der Waals surface area contributed by atoms with Crippen molar-refractivity contribution in [1.82, 2.24) is 4.98 Å². The van der Waals surface area contributed by atoms with Gasteiger partial charge in [0.2, 0.25) is 0 Å². The number of H-pyrrole nitrogens is 2. The Bertz CT molecular complexity index is 948. The maximum absolute atomic E-state index is 11.7. The molecule has 0 saturated heterocycles. The second-order valence-corrected chi connectivity index (χ2v) is 5.12.